The van der Waals surface area contributed by atoms with Gasteiger partial charge in [-0.15, -0.1) is 0 Å². The Kier molecular flexibility index (Phi) is 4.40. The van der Waals surface area contributed by atoms with Crippen LogP contribution in [0.3, 0.4) is 0 Å². The average molecular weight is 303 g/mol. The van der Waals surface area contributed by atoms with E-state index in [4.69, 9.17) is 4.74 Å². The van der Waals surface area contributed by atoms with E-state index in [-0.39, 0.29) is 23.5 Å². The van der Waals surface area contributed by atoms with Crippen molar-refractivity contribution in [2.24, 2.45) is 11.8 Å². The summed E-state index contributed by atoms with van der Waals surface area (Å²) in [5.74, 6) is -1.86. The number of hydrogen-bond acceptors (Lipinski definition) is 5. The summed E-state index contributed by atoms with van der Waals surface area (Å²) in [6.45, 7) is 2.92. The molecule has 1 aromatic carbocycles. The van der Waals surface area contributed by atoms with Crippen molar-refractivity contribution in [1.29, 1.82) is 0 Å². The van der Waals surface area contributed by atoms with Gasteiger partial charge in [-0.2, -0.15) is 0 Å². The number of nitrogens with zero attached hydrogens (tertiary/aromatic N) is 1. The van der Waals surface area contributed by atoms with Gasteiger partial charge in [-0.05, 0) is 18.2 Å². The molecule has 2 amide bonds. The van der Waals surface area contributed by atoms with Crippen LogP contribution in [0, 0.1) is 11.8 Å². The summed E-state index contributed by atoms with van der Waals surface area (Å²) in [4.78, 5) is 48.4. The summed E-state index contributed by atoms with van der Waals surface area (Å²) >= 11 is 0. The molecular weight excluding hydrogens is 286 g/mol. The number of rotatable bonds is 6. The van der Waals surface area contributed by atoms with E-state index >= 15 is 0 Å². The number of Topliss-reactive ketones (excluding diaryl/α,β-unsaturated/α-hetero) is 1. The van der Waals surface area contributed by atoms with Gasteiger partial charge in [0.15, 0.2) is 5.78 Å². The normalized spacial score (nSPS) is 16.2. The van der Waals surface area contributed by atoms with Crippen molar-refractivity contribution in [3.8, 4) is 5.75 Å². The van der Waals surface area contributed by atoms with Crippen molar-refractivity contribution in [3.63, 3.8) is 0 Å². The molecule has 1 heterocycles. The second kappa shape index (κ2) is 6.09. The summed E-state index contributed by atoms with van der Waals surface area (Å²) < 4.78 is 5.04. The number of benzene rings is 1. The molecule has 1 aliphatic heterocycles. The SMILES string of the molecule is COc1ccc2c(c1)C(=O)N(CC(=O)C(C)C(C)C=O)C2=O. The van der Waals surface area contributed by atoms with Crippen LogP contribution in [0.15, 0.2) is 18.2 Å². The zero-order valence-corrected chi connectivity index (χ0v) is 12.7. The number of aldehydes is 1. The number of ether oxygens (including phenoxy) is 1. The maximum absolute atomic E-state index is 12.3. The lowest BCUT2D eigenvalue weighted by molar-refractivity contribution is -0.126. The lowest BCUT2D eigenvalue weighted by Gasteiger charge is -2.18. The van der Waals surface area contributed by atoms with Gasteiger partial charge in [-0.25, -0.2) is 0 Å². The third-order valence-corrected chi connectivity index (χ3v) is 4.00. The van der Waals surface area contributed by atoms with Gasteiger partial charge in [-0.3, -0.25) is 19.3 Å². The molecule has 22 heavy (non-hydrogen) atoms. The maximum Gasteiger partial charge on any atom is 0.262 e. The summed E-state index contributed by atoms with van der Waals surface area (Å²) in [7, 11) is 1.47. The predicted molar refractivity (Wildman–Crippen MR) is 77.8 cm³/mol. The highest BCUT2D eigenvalue weighted by atomic mass is 16.5. The Morgan fingerprint density at radius 3 is 2.45 bits per heavy atom. The maximum atomic E-state index is 12.3. The molecule has 0 saturated heterocycles. The van der Waals surface area contributed by atoms with Crippen LogP contribution >= 0.6 is 0 Å². The zero-order valence-electron chi connectivity index (χ0n) is 12.7. The number of imide groups is 1. The molecule has 0 aromatic heterocycles. The number of ketones is 1. The molecule has 6 heteroatoms. The van der Waals surface area contributed by atoms with Crippen molar-refractivity contribution >= 4 is 23.9 Å². The Morgan fingerprint density at radius 2 is 1.86 bits per heavy atom. The fourth-order valence-electron chi connectivity index (χ4n) is 2.25. The van der Waals surface area contributed by atoms with Gasteiger partial charge in [0.25, 0.3) is 11.8 Å². The third kappa shape index (κ3) is 2.64. The number of carbonyl (C=O) groups excluding carboxylic acids is 4. The van der Waals surface area contributed by atoms with Crippen LogP contribution in [0.4, 0.5) is 0 Å². The summed E-state index contributed by atoms with van der Waals surface area (Å²) in [5.41, 5.74) is 0.489. The molecule has 0 aliphatic carbocycles. The highest BCUT2D eigenvalue weighted by Crippen LogP contribution is 2.27. The largest absolute Gasteiger partial charge is 0.497 e. The van der Waals surface area contributed by atoms with Crippen LogP contribution in [-0.2, 0) is 9.59 Å². The zero-order chi connectivity index (χ0) is 16.4. The quantitative estimate of drug-likeness (QED) is 0.585. The molecular formula is C16H17NO5. The van der Waals surface area contributed by atoms with Crippen molar-refractivity contribution in [2.45, 2.75) is 13.8 Å². The molecule has 1 aliphatic rings. The second-order valence-electron chi connectivity index (χ2n) is 5.36. The van der Waals surface area contributed by atoms with Gasteiger partial charge < -0.3 is 9.53 Å². The van der Waals surface area contributed by atoms with E-state index in [1.807, 2.05) is 0 Å². The minimum Gasteiger partial charge on any atom is -0.497 e. The number of methoxy groups -OCH3 is 1. The van der Waals surface area contributed by atoms with Gasteiger partial charge in [-0.1, -0.05) is 13.8 Å². The highest BCUT2D eigenvalue weighted by molar-refractivity contribution is 6.22. The van der Waals surface area contributed by atoms with E-state index in [2.05, 4.69) is 0 Å². The van der Waals surface area contributed by atoms with E-state index in [1.54, 1.807) is 19.9 Å². The first-order valence-corrected chi connectivity index (χ1v) is 6.93. The smallest absolute Gasteiger partial charge is 0.262 e. The molecule has 0 bridgehead atoms. The summed E-state index contributed by atoms with van der Waals surface area (Å²) in [6, 6.07) is 4.58. The first kappa shape index (κ1) is 15.9. The topological polar surface area (TPSA) is 80.8 Å². The number of amides is 2. The van der Waals surface area contributed by atoms with Crippen LogP contribution in [0.25, 0.3) is 0 Å². The third-order valence-electron chi connectivity index (χ3n) is 4.00. The molecule has 1 aromatic rings. The number of hydrogen-bond donors (Lipinski definition) is 0. The number of carbonyl (C=O) groups is 4. The van der Waals surface area contributed by atoms with E-state index in [0.717, 1.165) is 4.90 Å². The minimum absolute atomic E-state index is 0.230. The monoisotopic (exact) mass is 303 g/mol. The molecule has 0 fully saturated rings. The van der Waals surface area contributed by atoms with Crippen molar-refractivity contribution in [1.82, 2.24) is 4.90 Å². The van der Waals surface area contributed by atoms with E-state index < -0.39 is 23.7 Å². The fourth-order valence-corrected chi connectivity index (χ4v) is 2.25. The minimum atomic E-state index is -0.545. The Bertz CT molecular complexity index is 652. The van der Waals surface area contributed by atoms with Crippen LogP contribution < -0.4 is 4.74 Å². The molecule has 2 rings (SSSR count). The molecule has 116 valence electrons. The van der Waals surface area contributed by atoms with Gasteiger partial charge >= 0.3 is 0 Å². The standard InChI is InChI=1S/C16H17NO5/c1-9(8-18)10(2)14(19)7-17-15(20)12-5-4-11(22-3)6-13(12)16(17)21/h4-6,8-10H,7H2,1-3H3. The highest BCUT2D eigenvalue weighted by Gasteiger charge is 2.37. The van der Waals surface area contributed by atoms with Gasteiger partial charge in [0.05, 0.1) is 24.8 Å². The van der Waals surface area contributed by atoms with E-state index in [0.29, 0.717) is 12.0 Å². The summed E-state index contributed by atoms with van der Waals surface area (Å²) in [5, 5.41) is 0. The average Bonchev–Trinajstić information content (AvgIpc) is 2.77. The Morgan fingerprint density at radius 1 is 1.23 bits per heavy atom. The van der Waals surface area contributed by atoms with Crippen molar-refractivity contribution in [3.05, 3.63) is 29.3 Å². The molecule has 0 saturated carbocycles. The van der Waals surface area contributed by atoms with Crippen molar-refractivity contribution < 1.29 is 23.9 Å². The number of fused-ring (bicyclic) bond motifs is 1. The van der Waals surface area contributed by atoms with Crippen LogP contribution in [-0.4, -0.2) is 42.4 Å². The Balaban J connectivity index is 2.21. The Hall–Kier alpha value is -2.50. The lowest BCUT2D eigenvalue weighted by atomic mass is 9.93. The summed E-state index contributed by atoms with van der Waals surface area (Å²) in [6.07, 6.45) is 0.690. The lowest BCUT2D eigenvalue weighted by Crippen LogP contribution is -2.38. The van der Waals surface area contributed by atoms with Gasteiger partial charge in [0.1, 0.15) is 12.0 Å². The van der Waals surface area contributed by atoms with Crippen LogP contribution in [0.2, 0.25) is 0 Å². The van der Waals surface area contributed by atoms with Crippen molar-refractivity contribution in [2.75, 3.05) is 13.7 Å². The van der Waals surface area contributed by atoms with E-state index in [1.165, 1.54) is 19.2 Å². The molecule has 6 nitrogen and oxygen atoms in total. The molecule has 0 spiro atoms. The van der Waals surface area contributed by atoms with E-state index in [9.17, 15) is 19.2 Å². The molecule has 0 N–H and O–H groups in total. The first-order chi connectivity index (χ1) is 10.4. The molecule has 2 atom stereocenters. The molecule has 0 radical (unpaired) electrons. The Labute approximate surface area is 128 Å². The second-order valence-corrected chi connectivity index (χ2v) is 5.36. The molecule has 2 unspecified atom stereocenters. The first-order valence-electron chi connectivity index (χ1n) is 6.93. The van der Waals surface area contributed by atoms with Crippen LogP contribution in [0.1, 0.15) is 34.6 Å². The fraction of sp³-hybridized carbons (Fsp3) is 0.375. The van der Waals surface area contributed by atoms with Crippen LogP contribution in [0.5, 0.6) is 5.75 Å². The van der Waals surface area contributed by atoms with Gasteiger partial charge in [0, 0.05) is 11.8 Å². The predicted octanol–water partition coefficient (Wildman–Crippen LogP) is 1.33. The van der Waals surface area contributed by atoms with Gasteiger partial charge in [0.2, 0.25) is 0 Å².